The van der Waals surface area contributed by atoms with Gasteiger partial charge in [-0.15, -0.1) is 0 Å². The standard InChI is InChI=1S/C18H19N5O3/c1-10-5-6-11(2)14(7-10)26-16-8-15(21-12(3)22-16)23-17(19)13(9-20-23)18(24)25-4/h5-9H,19H2,1-4H3. The van der Waals surface area contributed by atoms with Crippen LogP contribution in [0.1, 0.15) is 27.3 Å². The summed E-state index contributed by atoms with van der Waals surface area (Å²) in [5, 5.41) is 4.12. The van der Waals surface area contributed by atoms with E-state index in [0.29, 0.717) is 23.3 Å². The number of aryl methyl sites for hydroxylation is 3. The van der Waals surface area contributed by atoms with Crippen LogP contribution >= 0.6 is 0 Å². The Hall–Kier alpha value is -3.42. The van der Waals surface area contributed by atoms with E-state index in [2.05, 4.69) is 19.8 Å². The molecule has 0 bridgehead atoms. The first-order valence-corrected chi connectivity index (χ1v) is 7.92. The molecule has 0 unspecified atom stereocenters. The maximum atomic E-state index is 11.7. The molecule has 134 valence electrons. The Morgan fingerprint density at radius 3 is 2.65 bits per heavy atom. The number of carbonyl (C=O) groups is 1. The molecular formula is C18H19N5O3. The zero-order valence-electron chi connectivity index (χ0n) is 15.0. The molecule has 8 heteroatoms. The van der Waals surface area contributed by atoms with E-state index in [4.69, 9.17) is 10.5 Å². The van der Waals surface area contributed by atoms with Crippen LogP contribution in [0.4, 0.5) is 5.82 Å². The van der Waals surface area contributed by atoms with Crippen molar-refractivity contribution in [3.8, 4) is 17.4 Å². The van der Waals surface area contributed by atoms with Crippen molar-refractivity contribution in [1.29, 1.82) is 0 Å². The first-order chi connectivity index (χ1) is 12.4. The molecule has 0 fully saturated rings. The van der Waals surface area contributed by atoms with Gasteiger partial charge in [0.2, 0.25) is 5.88 Å². The molecule has 0 amide bonds. The molecule has 2 heterocycles. The van der Waals surface area contributed by atoms with Gasteiger partial charge in [0.05, 0.1) is 13.3 Å². The largest absolute Gasteiger partial charge is 0.465 e. The number of esters is 1. The highest BCUT2D eigenvalue weighted by atomic mass is 16.5. The smallest absolute Gasteiger partial charge is 0.343 e. The minimum absolute atomic E-state index is 0.132. The summed E-state index contributed by atoms with van der Waals surface area (Å²) >= 11 is 0. The van der Waals surface area contributed by atoms with Crippen LogP contribution < -0.4 is 10.5 Å². The van der Waals surface area contributed by atoms with Gasteiger partial charge in [0.1, 0.15) is 23.0 Å². The highest BCUT2D eigenvalue weighted by Gasteiger charge is 2.18. The van der Waals surface area contributed by atoms with Crippen LogP contribution in [0.25, 0.3) is 5.82 Å². The minimum atomic E-state index is -0.564. The first-order valence-electron chi connectivity index (χ1n) is 7.92. The first kappa shape index (κ1) is 17.4. The highest BCUT2D eigenvalue weighted by Crippen LogP contribution is 2.26. The van der Waals surface area contributed by atoms with E-state index in [9.17, 15) is 4.79 Å². The SMILES string of the molecule is COC(=O)c1cnn(-c2cc(Oc3cc(C)ccc3C)nc(C)n2)c1N. The number of nitrogens with two attached hydrogens (primary N) is 1. The number of nitrogen functional groups attached to an aromatic ring is 1. The second kappa shape index (κ2) is 6.83. The Labute approximate surface area is 150 Å². The molecule has 1 aromatic carbocycles. The Morgan fingerprint density at radius 1 is 1.15 bits per heavy atom. The van der Waals surface area contributed by atoms with Gasteiger partial charge < -0.3 is 15.2 Å². The maximum Gasteiger partial charge on any atom is 0.343 e. The van der Waals surface area contributed by atoms with Crippen molar-refractivity contribution in [3.63, 3.8) is 0 Å². The summed E-state index contributed by atoms with van der Waals surface area (Å²) in [5.74, 6) is 1.51. The fraction of sp³-hybridized carbons (Fsp3) is 0.222. The van der Waals surface area contributed by atoms with Crippen molar-refractivity contribution < 1.29 is 14.3 Å². The third kappa shape index (κ3) is 3.34. The molecule has 0 aliphatic carbocycles. The number of benzene rings is 1. The molecule has 0 radical (unpaired) electrons. The summed E-state index contributed by atoms with van der Waals surface area (Å²) in [5.41, 5.74) is 8.24. The lowest BCUT2D eigenvalue weighted by Crippen LogP contribution is -2.09. The second-order valence-corrected chi connectivity index (χ2v) is 5.83. The maximum absolute atomic E-state index is 11.7. The molecule has 2 N–H and O–H groups in total. The predicted molar refractivity (Wildman–Crippen MR) is 95.6 cm³/mol. The number of aromatic nitrogens is 4. The molecule has 2 aromatic heterocycles. The number of hydrogen-bond donors (Lipinski definition) is 1. The summed E-state index contributed by atoms with van der Waals surface area (Å²) in [4.78, 5) is 20.3. The molecule has 0 saturated carbocycles. The number of rotatable bonds is 4. The van der Waals surface area contributed by atoms with Gasteiger partial charge in [0.25, 0.3) is 0 Å². The van der Waals surface area contributed by atoms with Crippen molar-refractivity contribution in [2.75, 3.05) is 12.8 Å². The number of ether oxygens (including phenoxy) is 2. The molecule has 0 aliphatic heterocycles. The number of nitrogens with zero attached hydrogens (tertiary/aromatic N) is 4. The van der Waals surface area contributed by atoms with E-state index in [1.165, 1.54) is 18.0 Å². The molecule has 0 atom stereocenters. The van der Waals surface area contributed by atoms with E-state index in [1.54, 1.807) is 13.0 Å². The van der Waals surface area contributed by atoms with Crippen LogP contribution in [-0.4, -0.2) is 32.8 Å². The third-order valence-corrected chi connectivity index (χ3v) is 3.79. The Kier molecular flexibility index (Phi) is 4.57. The molecule has 26 heavy (non-hydrogen) atoms. The van der Waals surface area contributed by atoms with E-state index in [1.807, 2.05) is 32.0 Å². The van der Waals surface area contributed by atoms with Crippen LogP contribution in [0.3, 0.4) is 0 Å². The number of carbonyl (C=O) groups excluding carboxylic acids is 1. The van der Waals surface area contributed by atoms with Gasteiger partial charge >= 0.3 is 5.97 Å². The zero-order valence-corrected chi connectivity index (χ0v) is 15.0. The topological polar surface area (TPSA) is 105 Å². The van der Waals surface area contributed by atoms with Crippen molar-refractivity contribution >= 4 is 11.8 Å². The monoisotopic (exact) mass is 353 g/mol. The van der Waals surface area contributed by atoms with Crippen LogP contribution in [0, 0.1) is 20.8 Å². The number of methoxy groups -OCH3 is 1. The average Bonchev–Trinajstić information content (AvgIpc) is 2.98. The van der Waals surface area contributed by atoms with E-state index < -0.39 is 5.97 Å². The van der Waals surface area contributed by atoms with Gasteiger partial charge in [0.15, 0.2) is 5.82 Å². The van der Waals surface area contributed by atoms with Crippen LogP contribution in [0.15, 0.2) is 30.5 Å². The molecule has 0 saturated heterocycles. The van der Waals surface area contributed by atoms with Crippen molar-refractivity contribution in [3.05, 3.63) is 53.0 Å². The third-order valence-electron chi connectivity index (χ3n) is 3.79. The van der Waals surface area contributed by atoms with Gasteiger partial charge in [0, 0.05) is 6.07 Å². The Bertz CT molecular complexity index is 981. The molecule has 3 rings (SSSR count). The van der Waals surface area contributed by atoms with Gasteiger partial charge in [-0.3, -0.25) is 0 Å². The Balaban J connectivity index is 2.00. The minimum Gasteiger partial charge on any atom is -0.465 e. The highest BCUT2D eigenvalue weighted by molar-refractivity contribution is 5.94. The van der Waals surface area contributed by atoms with E-state index >= 15 is 0 Å². The summed E-state index contributed by atoms with van der Waals surface area (Å²) in [6.07, 6.45) is 1.34. The fourth-order valence-electron chi connectivity index (χ4n) is 2.42. The van der Waals surface area contributed by atoms with E-state index in [0.717, 1.165) is 11.1 Å². The van der Waals surface area contributed by atoms with Crippen LogP contribution in [0.5, 0.6) is 11.6 Å². The lowest BCUT2D eigenvalue weighted by molar-refractivity contribution is 0.0602. The van der Waals surface area contributed by atoms with Crippen molar-refractivity contribution in [2.45, 2.75) is 20.8 Å². The summed E-state index contributed by atoms with van der Waals surface area (Å²) in [7, 11) is 1.28. The van der Waals surface area contributed by atoms with Gasteiger partial charge in [-0.05, 0) is 38.0 Å². The summed E-state index contributed by atoms with van der Waals surface area (Å²) in [6, 6.07) is 7.54. The number of anilines is 1. The Morgan fingerprint density at radius 2 is 1.92 bits per heavy atom. The zero-order chi connectivity index (χ0) is 18.8. The van der Waals surface area contributed by atoms with Crippen molar-refractivity contribution in [2.24, 2.45) is 0 Å². The quantitative estimate of drug-likeness (QED) is 0.719. The van der Waals surface area contributed by atoms with Crippen LogP contribution in [0.2, 0.25) is 0 Å². The lowest BCUT2D eigenvalue weighted by atomic mass is 10.1. The second-order valence-electron chi connectivity index (χ2n) is 5.83. The van der Waals surface area contributed by atoms with Gasteiger partial charge in [-0.2, -0.15) is 14.8 Å². The number of hydrogen-bond acceptors (Lipinski definition) is 7. The molecular weight excluding hydrogens is 334 g/mol. The van der Waals surface area contributed by atoms with Gasteiger partial charge in [-0.25, -0.2) is 9.78 Å². The summed E-state index contributed by atoms with van der Waals surface area (Å²) < 4.78 is 12.0. The van der Waals surface area contributed by atoms with Crippen molar-refractivity contribution in [1.82, 2.24) is 19.7 Å². The lowest BCUT2D eigenvalue weighted by Gasteiger charge is -2.11. The molecule has 0 spiro atoms. The molecule has 3 aromatic rings. The predicted octanol–water partition coefficient (Wildman–Crippen LogP) is 2.75. The summed E-state index contributed by atoms with van der Waals surface area (Å²) in [6.45, 7) is 5.68. The normalized spacial score (nSPS) is 10.6. The van der Waals surface area contributed by atoms with Crippen LogP contribution in [-0.2, 0) is 4.74 Å². The van der Waals surface area contributed by atoms with Gasteiger partial charge in [-0.1, -0.05) is 12.1 Å². The van der Waals surface area contributed by atoms with E-state index in [-0.39, 0.29) is 11.4 Å². The fourth-order valence-corrected chi connectivity index (χ4v) is 2.42. The average molecular weight is 353 g/mol. The molecule has 8 nitrogen and oxygen atoms in total. The molecule has 0 aliphatic rings.